The number of hydrogen-bond donors (Lipinski definition) is 0. The van der Waals surface area contributed by atoms with Gasteiger partial charge in [-0.3, -0.25) is 9.59 Å². The zero-order valence-corrected chi connectivity index (χ0v) is 37.4. The first kappa shape index (κ1) is 54.5. The van der Waals surface area contributed by atoms with Gasteiger partial charge in [-0.1, -0.05) is 150 Å². The lowest BCUT2D eigenvalue weighted by molar-refractivity contribution is -0.889. The van der Waals surface area contributed by atoms with Gasteiger partial charge < -0.3 is 28.6 Å². The molecule has 0 rings (SSSR count). The molecule has 330 valence electrons. The van der Waals surface area contributed by atoms with E-state index in [0.29, 0.717) is 12.8 Å². The number of carboxylic acid groups (broad SMARTS) is 1. The van der Waals surface area contributed by atoms with Crippen LogP contribution in [0, 0.1) is 0 Å². The first-order valence-electron chi connectivity index (χ1n) is 22.6. The molecule has 0 fully saturated rings. The molecular weight excluding hydrogens is 727 g/mol. The fourth-order valence-electron chi connectivity index (χ4n) is 6.05. The molecule has 0 bridgehead atoms. The molecule has 0 aliphatic rings. The third-order valence-electron chi connectivity index (χ3n) is 9.58. The van der Waals surface area contributed by atoms with E-state index in [1.54, 1.807) is 21.1 Å². The van der Waals surface area contributed by atoms with E-state index in [9.17, 15) is 19.5 Å². The van der Waals surface area contributed by atoms with Crippen molar-refractivity contribution in [3.8, 4) is 0 Å². The number of quaternary nitrogens is 1. The average molecular weight is 810 g/mol. The molecule has 0 aromatic rings. The SMILES string of the molecule is CC/C=C/C=C/C=C/CCCCCCCC(=O)OCC(COCCC(C(=O)[O-])[N+](C)(C)C)OC(=O)CCCCCCC/C=C/C/C=C/C/C=C/C/C=C/CCCCC. The summed E-state index contributed by atoms with van der Waals surface area (Å²) in [5.74, 6) is -1.80. The third kappa shape index (κ3) is 38.1. The fourth-order valence-corrected chi connectivity index (χ4v) is 6.05. The van der Waals surface area contributed by atoms with Gasteiger partial charge in [0.05, 0.1) is 40.3 Å². The topological polar surface area (TPSA) is 102 Å². The maximum absolute atomic E-state index is 12.7. The lowest BCUT2D eigenvalue weighted by atomic mass is 10.1. The normalized spacial score (nSPS) is 13.7. The number of likely N-dealkylation sites (N-methyl/N-ethyl adjacent to an activating group) is 1. The highest BCUT2D eigenvalue weighted by Crippen LogP contribution is 2.12. The van der Waals surface area contributed by atoms with Gasteiger partial charge in [0.2, 0.25) is 0 Å². The van der Waals surface area contributed by atoms with Crippen molar-refractivity contribution in [3.63, 3.8) is 0 Å². The van der Waals surface area contributed by atoms with Crippen molar-refractivity contribution in [3.05, 3.63) is 85.1 Å². The third-order valence-corrected chi connectivity index (χ3v) is 9.58. The van der Waals surface area contributed by atoms with Crippen LogP contribution in [-0.2, 0) is 28.6 Å². The Morgan fingerprint density at radius 1 is 0.552 bits per heavy atom. The van der Waals surface area contributed by atoms with Gasteiger partial charge in [0, 0.05) is 19.3 Å². The number of carbonyl (C=O) groups excluding carboxylic acids is 3. The number of carbonyl (C=O) groups is 3. The maximum atomic E-state index is 12.7. The molecule has 0 N–H and O–H groups in total. The van der Waals surface area contributed by atoms with Crippen LogP contribution in [0.2, 0.25) is 0 Å². The van der Waals surface area contributed by atoms with Gasteiger partial charge in [-0.15, -0.1) is 0 Å². The van der Waals surface area contributed by atoms with Crippen LogP contribution in [0.25, 0.3) is 0 Å². The Kier molecular flexibility index (Phi) is 37.9. The molecule has 0 saturated heterocycles. The van der Waals surface area contributed by atoms with Crippen molar-refractivity contribution in [2.75, 3.05) is 41.0 Å². The highest BCUT2D eigenvalue weighted by molar-refractivity contribution is 5.70. The number of carboxylic acids is 1. The summed E-state index contributed by atoms with van der Waals surface area (Å²) in [5, 5.41) is 11.6. The second-order valence-electron chi connectivity index (χ2n) is 16.0. The van der Waals surface area contributed by atoms with Gasteiger partial charge in [-0.2, -0.15) is 0 Å². The average Bonchev–Trinajstić information content (AvgIpc) is 3.18. The summed E-state index contributed by atoms with van der Waals surface area (Å²) in [5.41, 5.74) is 0. The summed E-state index contributed by atoms with van der Waals surface area (Å²) in [6.45, 7) is 4.44. The van der Waals surface area contributed by atoms with Gasteiger partial charge in [-0.25, -0.2) is 0 Å². The van der Waals surface area contributed by atoms with Crippen molar-refractivity contribution < 1.29 is 38.2 Å². The molecule has 0 heterocycles. The molecule has 2 unspecified atom stereocenters. The predicted molar refractivity (Wildman–Crippen MR) is 240 cm³/mol. The number of unbranched alkanes of at least 4 members (excludes halogenated alkanes) is 13. The Labute approximate surface area is 354 Å². The van der Waals surface area contributed by atoms with Crippen LogP contribution in [-0.4, -0.2) is 75.5 Å². The Hall–Kier alpha value is -3.49. The van der Waals surface area contributed by atoms with Crippen LogP contribution < -0.4 is 5.11 Å². The van der Waals surface area contributed by atoms with E-state index < -0.39 is 18.1 Å². The standard InChI is InChI=1S/C50H83NO7/c1-6-8-10-12-14-16-18-20-21-22-23-24-25-26-27-29-31-33-35-37-39-41-49(53)58-46(44-56-43-42-47(50(54)55)51(3,4)5)45-57-48(52)40-38-36-34-32-30-28-19-17-15-13-11-9-7-2/h9,11,13-17,19-21,23-24,26-27,46-47H,6-8,10,12,18,22,25,28-45H2,1-5H3/b11-9+,15-13+,16-14+,19-17+,21-20+,24-23+,27-26+. The Morgan fingerprint density at radius 3 is 1.57 bits per heavy atom. The molecule has 0 aromatic heterocycles. The molecule has 8 nitrogen and oxygen atoms in total. The lowest BCUT2D eigenvalue weighted by Gasteiger charge is -2.34. The van der Waals surface area contributed by atoms with Crippen molar-refractivity contribution >= 4 is 17.9 Å². The molecule has 0 aromatic carbocycles. The highest BCUT2D eigenvalue weighted by Gasteiger charge is 2.25. The molecule has 0 radical (unpaired) electrons. The summed E-state index contributed by atoms with van der Waals surface area (Å²) in [6, 6.07) is -0.737. The molecule has 0 aliphatic carbocycles. The number of aliphatic carboxylic acids is 1. The Balaban J connectivity index is 4.40. The number of hydrogen-bond acceptors (Lipinski definition) is 7. The molecule has 0 spiro atoms. The van der Waals surface area contributed by atoms with E-state index >= 15 is 0 Å². The summed E-state index contributed by atoms with van der Waals surface area (Å²) in [7, 11) is 5.38. The van der Waals surface area contributed by atoms with E-state index in [-0.39, 0.29) is 42.7 Å². The van der Waals surface area contributed by atoms with Crippen molar-refractivity contribution in [1.82, 2.24) is 0 Å². The molecule has 0 saturated carbocycles. The molecule has 58 heavy (non-hydrogen) atoms. The van der Waals surface area contributed by atoms with Crippen LogP contribution in [0.15, 0.2) is 85.1 Å². The first-order chi connectivity index (χ1) is 28.1. The number of allylic oxidation sites excluding steroid dienone is 14. The number of rotatable bonds is 39. The van der Waals surface area contributed by atoms with E-state index in [1.807, 2.05) is 12.2 Å². The predicted octanol–water partition coefficient (Wildman–Crippen LogP) is 11.2. The molecule has 2 atom stereocenters. The minimum atomic E-state index is -1.14. The summed E-state index contributed by atoms with van der Waals surface area (Å²) < 4.78 is 17.1. The Bertz CT molecular complexity index is 1220. The lowest BCUT2D eigenvalue weighted by Crippen LogP contribution is -2.55. The quantitative estimate of drug-likeness (QED) is 0.0200. The molecule has 0 aliphatic heterocycles. The second kappa shape index (κ2) is 40.3. The van der Waals surface area contributed by atoms with Gasteiger partial charge >= 0.3 is 11.9 Å². The van der Waals surface area contributed by atoms with Gasteiger partial charge in [0.15, 0.2) is 6.10 Å². The highest BCUT2D eigenvalue weighted by atomic mass is 16.6. The van der Waals surface area contributed by atoms with Crippen molar-refractivity contribution in [1.29, 1.82) is 0 Å². The van der Waals surface area contributed by atoms with Gasteiger partial charge in [-0.05, 0) is 77.0 Å². The number of esters is 2. The van der Waals surface area contributed by atoms with E-state index in [0.717, 1.165) is 103 Å². The van der Waals surface area contributed by atoms with Crippen LogP contribution in [0.4, 0.5) is 0 Å². The molecule has 0 amide bonds. The summed E-state index contributed by atoms with van der Waals surface area (Å²) >= 11 is 0. The minimum Gasteiger partial charge on any atom is -0.544 e. The summed E-state index contributed by atoms with van der Waals surface area (Å²) in [4.78, 5) is 36.9. The van der Waals surface area contributed by atoms with Gasteiger partial charge in [0.1, 0.15) is 12.6 Å². The van der Waals surface area contributed by atoms with E-state index in [1.165, 1.54) is 25.7 Å². The molecule has 8 heteroatoms. The second-order valence-corrected chi connectivity index (χ2v) is 16.0. The molecular formula is C50H83NO7. The minimum absolute atomic E-state index is 0.0209. The van der Waals surface area contributed by atoms with E-state index in [4.69, 9.17) is 14.2 Å². The smallest absolute Gasteiger partial charge is 0.306 e. The number of ether oxygens (including phenoxy) is 3. The van der Waals surface area contributed by atoms with Crippen molar-refractivity contribution in [2.45, 2.75) is 174 Å². The van der Waals surface area contributed by atoms with Crippen molar-refractivity contribution in [2.24, 2.45) is 0 Å². The summed E-state index contributed by atoms with van der Waals surface area (Å²) in [6.07, 6.45) is 51.8. The number of nitrogens with zero attached hydrogens (tertiary/aromatic N) is 1. The monoisotopic (exact) mass is 810 g/mol. The first-order valence-corrected chi connectivity index (χ1v) is 22.6. The van der Waals surface area contributed by atoms with Crippen LogP contribution in [0.3, 0.4) is 0 Å². The van der Waals surface area contributed by atoms with Crippen LogP contribution >= 0.6 is 0 Å². The van der Waals surface area contributed by atoms with Gasteiger partial charge in [0.25, 0.3) is 0 Å². The van der Waals surface area contributed by atoms with Crippen LogP contribution in [0.5, 0.6) is 0 Å². The Morgan fingerprint density at radius 2 is 1.03 bits per heavy atom. The largest absolute Gasteiger partial charge is 0.544 e. The van der Waals surface area contributed by atoms with E-state index in [2.05, 4.69) is 86.8 Å². The maximum Gasteiger partial charge on any atom is 0.306 e. The fraction of sp³-hybridized carbons (Fsp3) is 0.660. The zero-order chi connectivity index (χ0) is 42.8. The van der Waals surface area contributed by atoms with Crippen LogP contribution in [0.1, 0.15) is 162 Å². The zero-order valence-electron chi connectivity index (χ0n) is 37.4.